The summed E-state index contributed by atoms with van der Waals surface area (Å²) in [4.78, 5) is 9.27. The molecule has 0 aromatic heterocycles. The summed E-state index contributed by atoms with van der Waals surface area (Å²) in [5, 5.41) is 2.33. The molecule has 1 unspecified atom stereocenters. The van der Waals surface area contributed by atoms with E-state index in [1.54, 1.807) is 0 Å². The average molecular weight is 439 g/mol. The maximum atomic E-state index is 6.53. The maximum absolute atomic E-state index is 6.53. The van der Waals surface area contributed by atoms with Crippen molar-refractivity contribution in [1.82, 2.24) is 9.96 Å². The molecular formula is C30H34N2O. The van der Waals surface area contributed by atoms with Gasteiger partial charge in [0.05, 0.1) is 0 Å². The summed E-state index contributed by atoms with van der Waals surface area (Å²) in [5.41, 5.74) is 4.29. The van der Waals surface area contributed by atoms with Crippen LogP contribution in [0.4, 0.5) is 0 Å². The Labute approximate surface area is 197 Å². The van der Waals surface area contributed by atoms with E-state index in [-0.39, 0.29) is 6.10 Å². The molecule has 4 atom stereocenters. The fourth-order valence-corrected chi connectivity index (χ4v) is 6.42. The van der Waals surface area contributed by atoms with Crippen LogP contribution >= 0.6 is 0 Å². The lowest BCUT2D eigenvalue weighted by Crippen LogP contribution is -2.40. The van der Waals surface area contributed by atoms with Gasteiger partial charge in [0.2, 0.25) is 0 Å². The summed E-state index contributed by atoms with van der Waals surface area (Å²) in [5.74, 6) is 1.86. The van der Waals surface area contributed by atoms with Gasteiger partial charge in [0.15, 0.2) is 0 Å². The van der Waals surface area contributed by atoms with Crippen LogP contribution in [0.2, 0.25) is 0 Å². The normalized spacial score (nSPS) is 28.7. The van der Waals surface area contributed by atoms with Gasteiger partial charge in [0, 0.05) is 25.0 Å². The van der Waals surface area contributed by atoms with E-state index in [2.05, 4.69) is 101 Å². The van der Waals surface area contributed by atoms with Crippen molar-refractivity contribution < 1.29 is 4.84 Å². The van der Waals surface area contributed by atoms with E-state index in [1.807, 2.05) is 0 Å². The molecule has 0 bridgehead atoms. The van der Waals surface area contributed by atoms with E-state index < -0.39 is 0 Å². The van der Waals surface area contributed by atoms with Gasteiger partial charge in [-0.3, -0.25) is 4.84 Å². The highest BCUT2D eigenvalue weighted by atomic mass is 16.7. The van der Waals surface area contributed by atoms with Crippen molar-refractivity contribution >= 4 is 0 Å². The zero-order chi connectivity index (χ0) is 22.0. The van der Waals surface area contributed by atoms with Crippen molar-refractivity contribution in [2.45, 2.75) is 43.2 Å². The van der Waals surface area contributed by atoms with Crippen LogP contribution in [-0.2, 0) is 4.84 Å². The summed E-state index contributed by atoms with van der Waals surface area (Å²) < 4.78 is 0. The summed E-state index contributed by atoms with van der Waals surface area (Å²) in [6.07, 6.45) is 3.83. The highest BCUT2D eigenvalue weighted by molar-refractivity contribution is 5.26. The van der Waals surface area contributed by atoms with Gasteiger partial charge < -0.3 is 4.90 Å². The standard InChI is InChI=1S/C30H34N2O/c1-4-10-23(11-5-1)24-16-18-31(19-17-24)21-28-27(25-12-6-2-7-13-25)22-32-29(28)20-30(33-32)26-14-8-3-9-15-26/h1-15,24,27-30H,16-22H2/t27-,28?,29+,30+/m1/s1. The van der Waals surface area contributed by atoms with Crippen molar-refractivity contribution in [3.8, 4) is 0 Å². The van der Waals surface area contributed by atoms with Gasteiger partial charge in [-0.05, 0) is 60.9 Å². The molecule has 170 valence electrons. The third-order valence-electron chi connectivity index (χ3n) is 8.20. The molecule has 0 aliphatic carbocycles. The topological polar surface area (TPSA) is 15.7 Å². The smallest absolute Gasteiger partial charge is 0.106 e. The predicted octanol–water partition coefficient (Wildman–Crippen LogP) is 6.03. The van der Waals surface area contributed by atoms with Crippen molar-refractivity contribution in [1.29, 1.82) is 0 Å². The van der Waals surface area contributed by atoms with Gasteiger partial charge in [-0.15, -0.1) is 0 Å². The van der Waals surface area contributed by atoms with E-state index >= 15 is 0 Å². The molecule has 3 aromatic rings. The van der Waals surface area contributed by atoms with Gasteiger partial charge in [-0.1, -0.05) is 91.0 Å². The minimum atomic E-state index is 0.194. The molecule has 0 spiro atoms. The van der Waals surface area contributed by atoms with Crippen LogP contribution in [0.3, 0.4) is 0 Å². The number of hydrogen-bond donors (Lipinski definition) is 0. The zero-order valence-electron chi connectivity index (χ0n) is 19.3. The fraction of sp³-hybridized carbons (Fsp3) is 0.400. The first-order valence-corrected chi connectivity index (χ1v) is 12.7. The van der Waals surface area contributed by atoms with Crippen LogP contribution in [0, 0.1) is 5.92 Å². The van der Waals surface area contributed by atoms with Crippen LogP contribution in [0.1, 0.15) is 53.9 Å². The minimum Gasteiger partial charge on any atom is -0.303 e. The molecule has 0 N–H and O–H groups in total. The molecule has 0 radical (unpaired) electrons. The first kappa shape index (κ1) is 21.1. The molecule has 0 saturated carbocycles. The summed E-state index contributed by atoms with van der Waals surface area (Å²) >= 11 is 0. The lowest BCUT2D eigenvalue weighted by atomic mass is 9.82. The van der Waals surface area contributed by atoms with Crippen LogP contribution in [0.5, 0.6) is 0 Å². The zero-order valence-corrected chi connectivity index (χ0v) is 19.3. The first-order valence-electron chi connectivity index (χ1n) is 12.7. The number of nitrogens with zero attached hydrogens (tertiary/aromatic N) is 2. The monoisotopic (exact) mass is 438 g/mol. The maximum Gasteiger partial charge on any atom is 0.106 e. The first-order chi connectivity index (χ1) is 16.3. The van der Waals surface area contributed by atoms with Crippen molar-refractivity contribution in [3.63, 3.8) is 0 Å². The van der Waals surface area contributed by atoms with Crippen molar-refractivity contribution in [2.75, 3.05) is 26.2 Å². The Kier molecular flexibility index (Phi) is 6.02. The molecule has 3 saturated heterocycles. The second-order valence-corrected chi connectivity index (χ2v) is 10.1. The largest absolute Gasteiger partial charge is 0.303 e. The molecule has 3 heteroatoms. The Hall–Kier alpha value is -2.46. The Morgan fingerprint density at radius 3 is 1.91 bits per heavy atom. The minimum absolute atomic E-state index is 0.194. The summed E-state index contributed by atoms with van der Waals surface area (Å²) in [6.45, 7) is 4.58. The Morgan fingerprint density at radius 1 is 0.697 bits per heavy atom. The van der Waals surface area contributed by atoms with E-state index in [0.717, 1.165) is 13.0 Å². The molecule has 6 rings (SSSR count). The Bertz CT molecular complexity index is 1020. The number of hydrogen-bond acceptors (Lipinski definition) is 3. The highest BCUT2D eigenvalue weighted by Gasteiger charge is 2.49. The fourth-order valence-electron chi connectivity index (χ4n) is 6.42. The van der Waals surface area contributed by atoms with Gasteiger partial charge in [0.1, 0.15) is 6.10 Å². The number of fused-ring (bicyclic) bond motifs is 1. The lowest BCUT2D eigenvalue weighted by Gasteiger charge is -2.36. The molecular weight excluding hydrogens is 404 g/mol. The number of piperidine rings is 1. The molecule has 33 heavy (non-hydrogen) atoms. The van der Waals surface area contributed by atoms with Gasteiger partial charge >= 0.3 is 0 Å². The molecule has 3 nitrogen and oxygen atoms in total. The number of rotatable bonds is 5. The highest BCUT2D eigenvalue weighted by Crippen LogP contribution is 2.47. The van der Waals surface area contributed by atoms with E-state index in [4.69, 9.17) is 4.84 Å². The third-order valence-corrected chi connectivity index (χ3v) is 8.20. The van der Waals surface area contributed by atoms with Crippen LogP contribution in [0.25, 0.3) is 0 Å². The quantitative estimate of drug-likeness (QED) is 0.484. The SMILES string of the molecule is c1ccc(C2CCN(CC3[C@@H](c4ccccc4)CN4O[C@H](c5ccccc5)C[C@@H]34)CC2)cc1. The molecule has 3 heterocycles. The predicted molar refractivity (Wildman–Crippen MR) is 133 cm³/mol. The number of benzene rings is 3. The van der Waals surface area contributed by atoms with E-state index in [1.165, 1.54) is 49.2 Å². The Morgan fingerprint density at radius 2 is 1.27 bits per heavy atom. The van der Waals surface area contributed by atoms with E-state index in [0.29, 0.717) is 23.8 Å². The number of hydroxylamine groups is 2. The summed E-state index contributed by atoms with van der Waals surface area (Å²) in [7, 11) is 0. The van der Waals surface area contributed by atoms with E-state index in [9.17, 15) is 0 Å². The van der Waals surface area contributed by atoms with Crippen molar-refractivity contribution in [2.24, 2.45) is 5.92 Å². The van der Waals surface area contributed by atoms with Crippen LogP contribution in [0.15, 0.2) is 91.0 Å². The van der Waals surface area contributed by atoms with Crippen LogP contribution < -0.4 is 0 Å². The molecule has 0 amide bonds. The van der Waals surface area contributed by atoms with Gasteiger partial charge in [-0.2, -0.15) is 5.06 Å². The third kappa shape index (κ3) is 4.38. The summed E-state index contributed by atoms with van der Waals surface area (Å²) in [6, 6.07) is 33.5. The molecule has 3 aliphatic heterocycles. The second-order valence-electron chi connectivity index (χ2n) is 10.1. The molecule has 3 aromatic carbocycles. The van der Waals surface area contributed by atoms with Crippen LogP contribution in [-0.4, -0.2) is 42.2 Å². The van der Waals surface area contributed by atoms with Crippen molar-refractivity contribution in [3.05, 3.63) is 108 Å². The molecule has 3 fully saturated rings. The number of likely N-dealkylation sites (tertiary alicyclic amines) is 1. The second kappa shape index (κ2) is 9.42. The average Bonchev–Trinajstić information content (AvgIpc) is 3.45. The Balaban J connectivity index is 1.17. The molecule has 3 aliphatic rings. The van der Waals surface area contributed by atoms with Gasteiger partial charge in [0.25, 0.3) is 0 Å². The lowest BCUT2D eigenvalue weighted by molar-refractivity contribution is -0.152. The van der Waals surface area contributed by atoms with Gasteiger partial charge in [-0.25, -0.2) is 0 Å².